The van der Waals surface area contributed by atoms with Gasteiger partial charge < -0.3 is 24.2 Å². The molecular formula is C20H27N7O2. The molecule has 9 nitrogen and oxygen atoms in total. The third kappa shape index (κ3) is 3.38. The van der Waals surface area contributed by atoms with Gasteiger partial charge >= 0.3 is 0 Å². The predicted molar refractivity (Wildman–Crippen MR) is 109 cm³/mol. The van der Waals surface area contributed by atoms with Crippen LogP contribution in [-0.4, -0.2) is 91.5 Å². The summed E-state index contributed by atoms with van der Waals surface area (Å²) in [7, 11) is 3.83. The first kappa shape index (κ1) is 18.5. The minimum Gasteiger partial charge on any atom is -0.481 e. The average Bonchev–Trinajstić information content (AvgIpc) is 3.11. The fourth-order valence-corrected chi connectivity index (χ4v) is 4.91. The normalized spacial score (nSPS) is 24.0. The molecule has 1 atom stereocenters. The van der Waals surface area contributed by atoms with Gasteiger partial charge in [0.15, 0.2) is 0 Å². The predicted octanol–water partition coefficient (Wildman–Crippen LogP) is 0.647. The lowest BCUT2D eigenvalue weighted by atomic mass is 9.70. The molecule has 0 saturated carbocycles. The van der Waals surface area contributed by atoms with Gasteiger partial charge in [0, 0.05) is 62.9 Å². The SMILES string of the molecule is COc1cc(N2CC3(CN(C)CC3c3ccnc(N4CCOCC4)n3)C2)ncn1. The van der Waals surface area contributed by atoms with Crippen LogP contribution < -0.4 is 14.5 Å². The van der Waals surface area contributed by atoms with Crippen LogP contribution in [0.5, 0.6) is 5.88 Å². The van der Waals surface area contributed by atoms with E-state index in [9.17, 15) is 0 Å². The van der Waals surface area contributed by atoms with Gasteiger partial charge in [-0.25, -0.2) is 19.9 Å². The van der Waals surface area contributed by atoms with E-state index in [0.717, 1.165) is 69.9 Å². The minimum absolute atomic E-state index is 0.184. The lowest BCUT2D eigenvalue weighted by molar-refractivity contribution is 0.122. The molecule has 0 aliphatic carbocycles. The van der Waals surface area contributed by atoms with E-state index < -0.39 is 0 Å². The van der Waals surface area contributed by atoms with Gasteiger partial charge in [0.2, 0.25) is 11.8 Å². The van der Waals surface area contributed by atoms with Crippen molar-refractivity contribution in [1.29, 1.82) is 0 Å². The van der Waals surface area contributed by atoms with Crippen molar-refractivity contribution >= 4 is 11.8 Å². The van der Waals surface area contributed by atoms with Crippen LogP contribution in [0.1, 0.15) is 11.6 Å². The molecule has 3 aliphatic rings. The molecule has 5 rings (SSSR count). The highest BCUT2D eigenvalue weighted by Gasteiger charge is 2.54. The summed E-state index contributed by atoms with van der Waals surface area (Å²) >= 11 is 0. The third-order valence-electron chi connectivity index (χ3n) is 6.31. The van der Waals surface area contributed by atoms with Gasteiger partial charge in [0.05, 0.1) is 26.0 Å². The Morgan fingerprint density at radius 1 is 1.10 bits per heavy atom. The number of anilines is 2. The van der Waals surface area contributed by atoms with Crippen molar-refractivity contribution in [3.8, 4) is 5.88 Å². The van der Waals surface area contributed by atoms with E-state index in [1.54, 1.807) is 13.4 Å². The second-order valence-corrected chi connectivity index (χ2v) is 8.27. The van der Waals surface area contributed by atoms with Gasteiger partial charge in [-0.2, -0.15) is 0 Å². The van der Waals surface area contributed by atoms with E-state index in [-0.39, 0.29) is 5.41 Å². The molecule has 2 aromatic rings. The van der Waals surface area contributed by atoms with E-state index in [1.807, 2.05) is 12.3 Å². The molecule has 2 aromatic heterocycles. The minimum atomic E-state index is 0.184. The highest BCUT2D eigenvalue weighted by molar-refractivity contribution is 5.47. The Labute approximate surface area is 170 Å². The van der Waals surface area contributed by atoms with Crippen LogP contribution in [0.25, 0.3) is 0 Å². The monoisotopic (exact) mass is 397 g/mol. The second-order valence-electron chi connectivity index (χ2n) is 8.27. The number of aromatic nitrogens is 4. The fourth-order valence-electron chi connectivity index (χ4n) is 4.91. The maximum Gasteiger partial charge on any atom is 0.225 e. The molecule has 0 amide bonds. The van der Waals surface area contributed by atoms with Gasteiger partial charge in [0.25, 0.3) is 0 Å². The van der Waals surface area contributed by atoms with Crippen LogP contribution in [0.15, 0.2) is 24.7 Å². The average molecular weight is 397 g/mol. The summed E-state index contributed by atoms with van der Waals surface area (Å²) in [6.45, 7) is 7.17. The quantitative estimate of drug-likeness (QED) is 0.739. The fraction of sp³-hybridized carbons (Fsp3) is 0.600. The first-order chi connectivity index (χ1) is 14.2. The van der Waals surface area contributed by atoms with Crippen molar-refractivity contribution in [2.75, 3.05) is 76.4 Å². The largest absolute Gasteiger partial charge is 0.481 e. The summed E-state index contributed by atoms with van der Waals surface area (Å²) in [5.74, 6) is 2.73. The Balaban J connectivity index is 1.36. The Hall–Kier alpha value is -2.52. The number of methoxy groups -OCH3 is 1. The van der Waals surface area contributed by atoms with E-state index in [1.165, 1.54) is 0 Å². The zero-order valence-corrected chi connectivity index (χ0v) is 17.0. The van der Waals surface area contributed by atoms with E-state index in [4.69, 9.17) is 14.5 Å². The Morgan fingerprint density at radius 3 is 2.72 bits per heavy atom. The van der Waals surface area contributed by atoms with Crippen molar-refractivity contribution in [1.82, 2.24) is 24.8 Å². The molecule has 1 unspecified atom stereocenters. The Bertz CT molecular complexity index is 867. The van der Waals surface area contributed by atoms with Crippen molar-refractivity contribution in [2.24, 2.45) is 5.41 Å². The number of likely N-dealkylation sites (tertiary alicyclic amines) is 1. The lowest BCUT2D eigenvalue weighted by Gasteiger charge is -2.51. The van der Waals surface area contributed by atoms with Crippen molar-refractivity contribution < 1.29 is 9.47 Å². The maximum absolute atomic E-state index is 5.47. The highest BCUT2D eigenvalue weighted by atomic mass is 16.5. The van der Waals surface area contributed by atoms with Crippen molar-refractivity contribution in [3.05, 3.63) is 30.4 Å². The summed E-state index contributed by atoms with van der Waals surface area (Å²) in [5.41, 5.74) is 1.33. The molecule has 5 heterocycles. The smallest absolute Gasteiger partial charge is 0.225 e. The summed E-state index contributed by atoms with van der Waals surface area (Å²) in [4.78, 5) is 25.0. The molecule has 9 heteroatoms. The van der Waals surface area contributed by atoms with E-state index in [2.05, 4.69) is 42.8 Å². The van der Waals surface area contributed by atoms with Gasteiger partial charge in [-0.1, -0.05) is 0 Å². The summed E-state index contributed by atoms with van der Waals surface area (Å²) in [6, 6.07) is 3.99. The number of ether oxygens (including phenoxy) is 2. The second kappa shape index (κ2) is 7.38. The van der Waals surface area contributed by atoms with Crippen LogP contribution in [0.2, 0.25) is 0 Å². The summed E-state index contributed by atoms with van der Waals surface area (Å²) in [6.07, 6.45) is 3.47. The molecule has 1 spiro atoms. The van der Waals surface area contributed by atoms with Crippen LogP contribution in [0.3, 0.4) is 0 Å². The summed E-state index contributed by atoms with van der Waals surface area (Å²) in [5, 5.41) is 0. The first-order valence-electron chi connectivity index (χ1n) is 10.1. The summed E-state index contributed by atoms with van der Waals surface area (Å²) < 4.78 is 10.7. The molecule has 0 N–H and O–H groups in total. The molecule has 154 valence electrons. The van der Waals surface area contributed by atoms with Crippen LogP contribution >= 0.6 is 0 Å². The molecule has 0 aromatic carbocycles. The van der Waals surface area contributed by atoms with Gasteiger partial charge in [0.1, 0.15) is 12.1 Å². The molecule has 29 heavy (non-hydrogen) atoms. The zero-order chi connectivity index (χ0) is 19.8. The number of hydrogen-bond acceptors (Lipinski definition) is 9. The first-order valence-corrected chi connectivity index (χ1v) is 10.1. The third-order valence-corrected chi connectivity index (χ3v) is 6.31. The van der Waals surface area contributed by atoms with Crippen molar-refractivity contribution in [3.63, 3.8) is 0 Å². The van der Waals surface area contributed by atoms with E-state index >= 15 is 0 Å². The topological polar surface area (TPSA) is 79.7 Å². The maximum atomic E-state index is 5.47. The molecule has 3 aliphatic heterocycles. The van der Waals surface area contributed by atoms with Crippen molar-refractivity contribution in [2.45, 2.75) is 5.92 Å². The molecule has 3 fully saturated rings. The number of hydrogen-bond donors (Lipinski definition) is 0. The van der Waals surface area contributed by atoms with Crippen LogP contribution in [0, 0.1) is 5.41 Å². The number of nitrogens with zero attached hydrogens (tertiary/aromatic N) is 7. The zero-order valence-electron chi connectivity index (χ0n) is 17.0. The lowest BCUT2D eigenvalue weighted by Crippen LogP contribution is -2.60. The standard InChI is InChI=1S/C20H27N7O2/c1-25-10-15(16-3-4-21-19(24-16)26-5-7-29-8-6-26)20(11-25)12-27(13-20)17-9-18(28-2)23-14-22-17/h3-4,9,14-15H,5-8,10-13H2,1-2H3. The van der Waals surface area contributed by atoms with Gasteiger partial charge in [-0.15, -0.1) is 0 Å². The van der Waals surface area contributed by atoms with Crippen LogP contribution in [-0.2, 0) is 4.74 Å². The molecule has 0 bridgehead atoms. The molecule has 3 saturated heterocycles. The van der Waals surface area contributed by atoms with Crippen LogP contribution in [0.4, 0.5) is 11.8 Å². The molecular weight excluding hydrogens is 370 g/mol. The Kier molecular flexibility index (Phi) is 4.71. The highest BCUT2D eigenvalue weighted by Crippen LogP contribution is 2.49. The number of likely N-dealkylation sites (N-methyl/N-ethyl adjacent to an activating group) is 1. The van der Waals surface area contributed by atoms with Gasteiger partial charge in [-0.05, 0) is 13.1 Å². The van der Waals surface area contributed by atoms with Gasteiger partial charge in [-0.3, -0.25) is 0 Å². The number of rotatable bonds is 4. The number of morpholine rings is 1. The van der Waals surface area contributed by atoms with E-state index in [0.29, 0.717) is 11.8 Å². The Morgan fingerprint density at radius 2 is 1.93 bits per heavy atom. The molecule has 0 radical (unpaired) electrons.